The average Bonchev–Trinajstić information content (AvgIpc) is 2.78. The normalized spacial score (nSPS) is 10.3. The Morgan fingerprint density at radius 2 is 1.55 bits per heavy atom. The highest BCUT2D eigenvalue weighted by Crippen LogP contribution is 2.24. The predicted octanol–water partition coefficient (Wildman–Crippen LogP) is 4.93. The number of Topliss-reactive ketones (excluding diaryl/α,β-unsaturated/α-hetero) is 1. The Morgan fingerprint density at radius 1 is 0.862 bits per heavy atom. The molecule has 0 heterocycles. The first-order chi connectivity index (χ1) is 14.1. The molecule has 6 heteroatoms. The van der Waals surface area contributed by atoms with E-state index in [0.29, 0.717) is 34.1 Å². The molecular formula is C23H21NO4S. The van der Waals surface area contributed by atoms with Crippen LogP contribution in [0.25, 0.3) is 0 Å². The first-order valence-corrected chi connectivity index (χ1v) is 9.94. The molecule has 0 aliphatic rings. The van der Waals surface area contributed by atoms with Crippen LogP contribution in [0.5, 0.6) is 11.5 Å². The van der Waals surface area contributed by atoms with Gasteiger partial charge < -0.3 is 14.8 Å². The van der Waals surface area contributed by atoms with Crippen LogP contribution in [0.1, 0.15) is 20.7 Å². The summed E-state index contributed by atoms with van der Waals surface area (Å²) in [4.78, 5) is 25.7. The van der Waals surface area contributed by atoms with Gasteiger partial charge >= 0.3 is 0 Å². The molecule has 1 N–H and O–H groups in total. The van der Waals surface area contributed by atoms with Gasteiger partial charge in [0.15, 0.2) is 5.78 Å². The molecule has 148 valence electrons. The molecule has 0 fully saturated rings. The number of nitrogens with one attached hydrogen (secondary N) is 1. The lowest BCUT2D eigenvalue weighted by molar-refractivity contribution is 0.101. The van der Waals surface area contributed by atoms with E-state index in [1.165, 1.54) is 11.8 Å². The molecule has 3 aromatic carbocycles. The number of ether oxygens (including phenoxy) is 2. The number of ketones is 1. The van der Waals surface area contributed by atoms with Crippen molar-refractivity contribution >= 4 is 29.1 Å². The molecule has 1 amide bonds. The summed E-state index contributed by atoms with van der Waals surface area (Å²) in [7, 11) is 3.14. The predicted molar refractivity (Wildman–Crippen MR) is 115 cm³/mol. The fraction of sp³-hybridized carbons (Fsp3) is 0.130. The van der Waals surface area contributed by atoms with Crippen LogP contribution in [-0.4, -0.2) is 31.7 Å². The fourth-order valence-corrected chi connectivity index (χ4v) is 3.46. The van der Waals surface area contributed by atoms with Crippen LogP contribution in [0.3, 0.4) is 0 Å². The van der Waals surface area contributed by atoms with Crippen LogP contribution < -0.4 is 14.8 Å². The number of carbonyl (C=O) groups is 2. The Bertz CT molecular complexity index is 985. The molecule has 0 saturated carbocycles. The van der Waals surface area contributed by atoms with Crippen molar-refractivity contribution in [1.82, 2.24) is 0 Å². The van der Waals surface area contributed by atoms with Crippen molar-refractivity contribution in [3.8, 4) is 11.5 Å². The van der Waals surface area contributed by atoms with Gasteiger partial charge in [-0.25, -0.2) is 0 Å². The zero-order chi connectivity index (χ0) is 20.6. The molecule has 3 rings (SSSR count). The summed E-state index contributed by atoms with van der Waals surface area (Å²) in [5, 5.41) is 2.86. The van der Waals surface area contributed by atoms with Crippen LogP contribution >= 0.6 is 11.8 Å². The lowest BCUT2D eigenvalue weighted by Crippen LogP contribution is -2.11. The third-order valence-corrected chi connectivity index (χ3v) is 5.25. The molecule has 0 atom stereocenters. The van der Waals surface area contributed by atoms with Gasteiger partial charge in [0.05, 0.1) is 25.5 Å². The second-order valence-electron chi connectivity index (χ2n) is 6.12. The Kier molecular flexibility index (Phi) is 6.92. The second kappa shape index (κ2) is 9.80. The van der Waals surface area contributed by atoms with E-state index in [9.17, 15) is 9.59 Å². The van der Waals surface area contributed by atoms with Crippen molar-refractivity contribution in [2.45, 2.75) is 4.90 Å². The summed E-state index contributed by atoms with van der Waals surface area (Å²) in [6, 6.07) is 21.5. The number of methoxy groups -OCH3 is 2. The van der Waals surface area contributed by atoms with Gasteiger partial charge in [0.2, 0.25) is 0 Å². The zero-order valence-electron chi connectivity index (χ0n) is 16.2. The summed E-state index contributed by atoms with van der Waals surface area (Å²) in [6.45, 7) is 0. The molecule has 0 spiro atoms. The highest BCUT2D eigenvalue weighted by molar-refractivity contribution is 8.00. The Morgan fingerprint density at radius 3 is 2.21 bits per heavy atom. The SMILES string of the molecule is COc1ccc(C(=O)Nc2ccc(SCC(=O)c3ccccc3OC)cc2)cc1. The number of hydrogen-bond acceptors (Lipinski definition) is 5. The van der Waals surface area contributed by atoms with Gasteiger partial charge in [-0.15, -0.1) is 11.8 Å². The first kappa shape index (κ1) is 20.5. The van der Waals surface area contributed by atoms with Crippen LogP contribution in [0.4, 0.5) is 5.69 Å². The number of amides is 1. The maximum Gasteiger partial charge on any atom is 0.255 e. The largest absolute Gasteiger partial charge is 0.497 e. The number of rotatable bonds is 8. The van der Waals surface area contributed by atoms with E-state index in [-0.39, 0.29) is 11.7 Å². The van der Waals surface area contributed by atoms with E-state index >= 15 is 0 Å². The van der Waals surface area contributed by atoms with Crippen LogP contribution in [0.2, 0.25) is 0 Å². The minimum Gasteiger partial charge on any atom is -0.497 e. The van der Waals surface area contributed by atoms with Crippen molar-refractivity contribution < 1.29 is 19.1 Å². The summed E-state index contributed by atoms with van der Waals surface area (Å²) in [5.74, 6) is 1.39. The molecule has 0 saturated heterocycles. The number of hydrogen-bond donors (Lipinski definition) is 1. The number of para-hydroxylation sites is 1. The minimum atomic E-state index is -0.195. The van der Waals surface area contributed by atoms with E-state index in [1.807, 2.05) is 36.4 Å². The van der Waals surface area contributed by atoms with E-state index in [4.69, 9.17) is 9.47 Å². The molecule has 0 radical (unpaired) electrons. The van der Waals surface area contributed by atoms with Gasteiger partial charge in [-0.05, 0) is 60.7 Å². The van der Waals surface area contributed by atoms with Crippen molar-refractivity contribution in [2.24, 2.45) is 0 Å². The topological polar surface area (TPSA) is 64.6 Å². The standard InChI is InChI=1S/C23H21NO4S/c1-27-18-11-7-16(8-12-18)23(26)24-17-9-13-19(14-10-17)29-15-21(25)20-5-3-4-6-22(20)28-2/h3-14H,15H2,1-2H3,(H,24,26). The maximum atomic E-state index is 12.4. The van der Waals surface area contributed by atoms with Crippen molar-refractivity contribution in [1.29, 1.82) is 0 Å². The summed E-state index contributed by atoms with van der Waals surface area (Å²) in [5.41, 5.74) is 1.81. The van der Waals surface area contributed by atoms with E-state index in [1.54, 1.807) is 50.6 Å². The number of thioether (sulfide) groups is 1. The third-order valence-electron chi connectivity index (χ3n) is 4.24. The van der Waals surface area contributed by atoms with Gasteiger partial charge in [-0.2, -0.15) is 0 Å². The van der Waals surface area contributed by atoms with Crippen molar-refractivity contribution in [2.75, 3.05) is 25.3 Å². The number of benzene rings is 3. The molecule has 29 heavy (non-hydrogen) atoms. The second-order valence-corrected chi connectivity index (χ2v) is 7.17. The smallest absolute Gasteiger partial charge is 0.255 e. The Labute approximate surface area is 174 Å². The first-order valence-electron chi connectivity index (χ1n) is 8.95. The molecule has 0 aliphatic heterocycles. The number of carbonyl (C=O) groups excluding carboxylic acids is 2. The quantitative estimate of drug-likeness (QED) is 0.424. The highest BCUT2D eigenvalue weighted by atomic mass is 32.2. The average molecular weight is 407 g/mol. The van der Waals surface area contributed by atoms with Crippen molar-refractivity contribution in [3.63, 3.8) is 0 Å². The van der Waals surface area contributed by atoms with E-state index in [2.05, 4.69) is 5.32 Å². The van der Waals surface area contributed by atoms with Gasteiger partial charge in [-0.1, -0.05) is 12.1 Å². The summed E-state index contributed by atoms with van der Waals surface area (Å²) in [6.07, 6.45) is 0. The highest BCUT2D eigenvalue weighted by Gasteiger charge is 2.12. The summed E-state index contributed by atoms with van der Waals surface area (Å²) < 4.78 is 10.3. The molecule has 0 aliphatic carbocycles. The number of anilines is 1. The monoisotopic (exact) mass is 407 g/mol. The van der Waals surface area contributed by atoms with Crippen LogP contribution in [0.15, 0.2) is 77.7 Å². The van der Waals surface area contributed by atoms with Gasteiger partial charge in [-0.3, -0.25) is 9.59 Å². The van der Waals surface area contributed by atoms with Crippen LogP contribution in [0, 0.1) is 0 Å². The van der Waals surface area contributed by atoms with Crippen molar-refractivity contribution in [3.05, 3.63) is 83.9 Å². The molecule has 5 nitrogen and oxygen atoms in total. The van der Waals surface area contributed by atoms with Gasteiger partial charge in [0.1, 0.15) is 11.5 Å². The third kappa shape index (κ3) is 5.39. The maximum absolute atomic E-state index is 12.4. The zero-order valence-corrected chi connectivity index (χ0v) is 17.0. The Hall–Kier alpha value is -3.25. The molecule has 0 unspecified atom stereocenters. The minimum absolute atomic E-state index is 0.00401. The Balaban J connectivity index is 1.57. The molecule has 3 aromatic rings. The lowest BCUT2D eigenvalue weighted by atomic mass is 10.1. The molecule has 0 aromatic heterocycles. The van der Waals surface area contributed by atoms with Crippen LogP contribution in [-0.2, 0) is 0 Å². The summed E-state index contributed by atoms with van der Waals surface area (Å²) >= 11 is 1.44. The van der Waals surface area contributed by atoms with E-state index in [0.717, 1.165) is 4.90 Å². The van der Waals surface area contributed by atoms with Gasteiger partial charge in [0, 0.05) is 16.1 Å². The van der Waals surface area contributed by atoms with E-state index < -0.39 is 0 Å². The molecular weight excluding hydrogens is 386 g/mol. The fourth-order valence-electron chi connectivity index (χ4n) is 2.68. The molecule has 0 bridgehead atoms. The lowest BCUT2D eigenvalue weighted by Gasteiger charge is -2.08. The van der Waals surface area contributed by atoms with Gasteiger partial charge in [0.25, 0.3) is 5.91 Å².